The molecule has 36 heavy (non-hydrogen) atoms. The molecule has 1 N–H and O–H groups in total. The van der Waals surface area contributed by atoms with E-state index in [1.54, 1.807) is 13.0 Å². The molecule has 1 aliphatic rings. The number of nitrogens with one attached hydrogen (secondary N) is 1. The maximum Gasteiger partial charge on any atom is 0.348 e. The first kappa shape index (κ1) is 25.6. The second kappa shape index (κ2) is 11.1. The summed E-state index contributed by atoms with van der Waals surface area (Å²) in [5.74, 6) is 0.0144. The maximum absolute atomic E-state index is 12.8. The molecule has 0 bridgehead atoms. The number of rotatable bonds is 10. The molecule has 2 atom stereocenters. The van der Waals surface area contributed by atoms with E-state index >= 15 is 0 Å². The van der Waals surface area contributed by atoms with Crippen molar-refractivity contribution in [1.82, 2.24) is 14.8 Å². The molecular weight excluding hydrogens is 500 g/mol. The monoisotopic (exact) mass is 526 g/mol. The number of aromatic nitrogens is 3. The van der Waals surface area contributed by atoms with Gasteiger partial charge in [0.2, 0.25) is 5.91 Å². The zero-order chi connectivity index (χ0) is 25.8. The van der Waals surface area contributed by atoms with Crippen molar-refractivity contribution in [1.29, 1.82) is 0 Å². The Morgan fingerprint density at radius 3 is 2.56 bits per heavy atom. The van der Waals surface area contributed by atoms with Gasteiger partial charge in [-0.15, -0.1) is 28.1 Å². The fourth-order valence-electron chi connectivity index (χ4n) is 4.06. The minimum absolute atomic E-state index is 0.0349. The van der Waals surface area contributed by atoms with Crippen LogP contribution < -0.4 is 5.32 Å². The molecule has 11 heteroatoms. The predicted octanol–water partition coefficient (Wildman–Crippen LogP) is 4.41. The molecule has 1 aromatic carbocycles. The number of ether oxygens (including phenoxy) is 2. The smallest absolute Gasteiger partial charge is 0.348 e. The van der Waals surface area contributed by atoms with Gasteiger partial charge in [-0.1, -0.05) is 48.2 Å². The van der Waals surface area contributed by atoms with Crippen LogP contribution in [0.5, 0.6) is 0 Å². The molecular formula is C25H26N4O5S2. The second-order valence-electron chi connectivity index (χ2n) is 8.18. The number of carbonyl (C=O) groups is 3. The molecule has 1 aliphatic carbocycles. The highest BCUT2D eigenvalue weighted by Gasteiger charge is 2.43. The minimum Gasteiger partial charge on any atom is -0.465 e. The number of thiophene rings is 1. The highest BCUT2D eigenvalue weighted by atomic mass is 32.2. The van der Waals surface area contributed by atoms with Crippen molar-refractivity contribution in [3.63, 3.8) is 0 Å². The molecule has 1 fully saturated rings. The van der Waals surface area contributed by atoms with E-state index in [1.807, 2.05) is 22.8 Å². The van der Waals surface area contributed by atoms with Gasteiger partial charge in [-0.2, -0.15) is 0 Å². The highest BCUT2D eigenvalue weighted by Crippen LogP contribution is 2.54. The van der Waals surface area contributed by atoms with E-state index in [1.165, 1.54) is 31.5 Å². The molecule has 2 heterocycles. The van der Waals surface area contributed by atoms with Crippen LogP contribution in [0, 0.1) is 6.92 Å². The predicted molar refractivity (Wildman–Crippen MR) is 138 cm³/mol. The first-order valence-electron chi connectivity index (χ1n) is 11.2. The summed E-state index contributed by atoms with van der Waals surface area (Å²) >= 11 is 2.22. The lowest BCUT2D eigenvalue weighted by Gasteiger charge is -2.08. The van der Waals surface area contributed by atoms with Crippen LogP contribution in [-0.2, 0) is 20.8 Å². The first-order chi connectivity index (χ1) is 17.4. The average molecular weight is 527 g/mol. The highest BCUT2D eigenvalue weighted by molar-refractivity contribution is 7.99. The van der Waals surface area contributed by atoms with Crippen molar-refractivity contribution in [2.45, 2.75) is 36.9 Å². The zero-order valence-electron chi connectivity index (χ0n) is 20.1. The summed E-state index contributed by atoms with van der Waals surface area (Å²) in [4.78, 5) is 37.4. The number of hydrogen-bond acceptors (Lipinski definition) is 9. The van der Waals surface area contributed by atoms with Gasteiger partial charge in [0.15, 0.2) is 5.16 Å². The lowest BCUT2D eigenvalue weighted by molar-refractivity contribution is -0.113. The summed E-state index contributed by atoms with van der Waals surface area (Å²) in [6.45, 7) is 5.99. The number of allylic oxidation sites excluding steroid dienone is 1. The van der Waals surface area contributed by atoms with Crippen molar-refractivity contribution in [2.24, 2.45) is 0 Å². The Balaban J connectivity index is 1.47. The van der Waals surface area contributed by atoms with Gasteiger partial charge in [0.05, 0.1) is 25.5 Å². The van der Waals surface area contributed by atoms with Crippen LogP contribution in [0.4, 0.5) is 5.00 Å². The molecule has 1 amide bonds. The molecule has 0 aliphatic heterocycles. The summed E-state index contributed by atoms with van der Waals surface area (Å²) < 4.78 is 11.6. The molecule has 0 saturated heterocycles. The Morgan fingerprint density at radius 2 is 1.89 bits per heavy atom. The van der Waals surface area contributed by atoms with Crippen LogP contribution >= 0.6 is 23.1 Å². The van der Waals surface area contributed by atoms with E-state index in [2.05, 4.69) is 34.2 Å². The van der Waals surface area contributed by atoms with Crippen LogP contribution in [0.15, 0.2) is 48.1 Å². The first-order valence-corrected chi connectivity index (χ1v) is 13.0. The van der Waals surface area contributed by atoms with Gasteiger partial charge < -0.3 is 19.4 Å². The van der Waals surface area contributed by atoms with Gasteiger partial charge in [0, 0.05) is 12.5 Å². The standard InChI is InChI=1S/C25H26N4O5S2/c1-5-11-29-21(17-12-16(17)15-9-7-6-8-10-15)27-28-25(29)35-13-18(30)26-22-19(23(31)33-3)14(2)20(36-22)24(32)34-4/h5-10,16-17H,1,11-13H2,2-4H3,(H,26,30). The van der Waals surface area contributed by atoms with Crippen molar-refractivity contribution in [2.75, 3.05) is 25.3 Å². The van der Waals surface area contributed by atoms with Crippen LogP contribution in [0.25, 0.3) is 0 Å². The normalized spacial score (nSPS) is 16.3. The van der Waals surface area contributed by atoms with Crippen molar-refractivity contribution >= 4 is 45.9 Å². The molecule has 188 valence electrons. The number of hydrogen-bond donors (Lipinski definition) is 1. The summed E-state index contributed by atoms with van der Waals surface area (Å²) in [5.41, 5.74) is 1.82. The van der Waals surface area contributed by atoms with Crippen LogP contribution in [0.3, 0.4) is 0 Å². The fraction of sp³-hybridized carbons (Fsp3) is 0.320. The third-order valence-electron chi connectivity index (χ3n) is 5.90. The third-order valence-corrected chi connectivity index (χ3v) is 8.05. The summed E-state index contributed by atoms with van der Waals surface area (Å²) in [5, 5.41) is 12.3. The Bertz CT molecular complexity index is 1300. The van der Waals surface area contributed by atoms with Crippen molar-refractivity contribution < 1.29 is 23.9 Å². The van der Waals surface area contributed by atoms with Gasteiger partial charge >= 0.3 is 11.9 Å². The van der Waals surface area contributed by atoms with E-state index < -0.39 is 11.9 Å². The van der Waals surface area contributed by atoms with Crippen LogP contribution in [-0.4, -0.2) is 52.6 Å². The van der Waals surface area contributed by atoms with Gasteiger partial charge in [-0.05, 0) is 30.4 Å². The molecule has 0 radical (unpaired) electrons. The number of esters is 2. The van der Waals surface area contributed by atoms with E-state index in [0.29, 0.717) is 23.2 Å². The quantitative estimate of drug-likeness (QED) is 0.235. The van der Waals surface area contributed by atoms with Gasteiger partial charge in [0.1, 0.15) is 15.7 Å². The average Bonchev–Trinajstić information content (AvgIpc) is 3.49. The molecule has 3 aromatic rings. The molecule has 2 unspecified atom stereocenters. The van der Waals surface area contributed by atoms with Gasteiger partial charge in [0.25, 0.3) is 0 Å². The van der Waals surface area contributed by atoms with Gasteiger partial charge in [-0.3, -0.25) is 4.79 Å². The Morgan fingerprint density at radius 1 is 1.17 bits per heavy atom. The van der Waals surface area contributed by atoms with Crippen LogP contribution in [0.1, 0.15) is 55.2 Å². The SMILES string of the molecule is C=CCn1c(SCC(=O)Nc2sc(C(=O)OC)c(C)c2C(=O)OC)nnc1C1CC1c1ccccc1. The zero-order valence-corrected chi connectivity index (χ0v) is 21.8. The lowest BCUT2D eigenvalue weighted by atomic mass is 10.1. The Labute approximate surface area is 216 Å². The molecule has 2 aromatic heterocycles. The molecule has 9 nitrogen and oxygen atoms in total. The molecule has 1 saturated carbocycles. The molecule has 4 rings (SSSR count). The Kier molecular flexibility index (Phi) is 7.90. The number of carbonyl (C=O) groups excluding carboxylic acids is 3. The summed E-state index contributed by atoms with van der Waals surface area (Å²) in [6, 6.07) is 10.3. The summed E-state index contributed by atoms with van der Waals surface area (Å²) in [6.07, 6.45) is 2.78. The third kappa shape index (κ3) is 5.21. The van der Waals surface area contributed by atoms with E-state index in [4.69, 9.17) is 9.47 Å². The van der Waals surface area contributed by atoms with Crippen LogP contribution in [0.2, 0.25) is 0 Å². The number of nitrogens with zero attached hydrogens (tertiary/aromatic N) is 3. The maximum atomic E-state index is 12.8. The van der Waals surface area contributed by atoms with Gasteiger partial charge in [-0.25, -0.2) is 9.59 Å². The lowest BCUT2D eigenvalue weighted by Crippen LogP contribution is -2.16. The van der Waals surface area contributed by atoms with E-state index in [0.717, 1.165) is 23.6 Å². The fourth-order valence-corrected chi connectivity index (χ4v) is 5.94. The molecule has 0 spiro atoms. The largest absolute Gasteiger partial charge is 0.465 e. The number of thioether (sulfide) groups is 1. The number of amides is 1. The second-order valence-corrected chi connectivity index (χ2v) is 10.1. The number of anilines is 1. The van der Waals surface area contributed by atoms with E-state index in [-0.39, 0.29) is 33.0 Å². The number of benzene rings is 1. The Hall–Kier alpha value is -3.44. The number of methoxy groups -OCH3 is 2. The summed E-state index contributed by atoms with van der Waals surface area (Å²) in [7, 11) is 2.50. The topological polar surface area (TPSA) is 112 Å². The van der Waals surface area contributed by atoms with Crippen molar-refractivity contribution in [3.8, 4) is 0 Å². The minimum atomic E-state index is -0.644. The van der Waals surface area contributed by atoms with Crippen molar-refractivity contribution in [3.05, 3.63) is 70.4 Å². The van der Waals surface area contributed by atoms with E-state index in [9.17, 15) is 14.4 Å².